The number of imidazole rings is 1. The van der Waals surface area contributed by atoms with E-state index in [1.54, 1.807) is 12.3 Å². The Bertz CT molecular complexity index is 1260. The second kappa shape index (κ2) is 8.62. The van der Waals surface area contributed by atoms with E-state index in [1.165, 1.54) is 6.07 Å². The van der Waals surface area contributed by atoms with E-state index in [2.05, 4.69) is 54.6 Å². The number of aromatic nitrogens is 4. The number of piperazine rings is 1. The molecule has 0 bridgehead atoms. The highest BCUT2D eigenvalue weighted by molar-refractivity contribution is 5.80. The van der Waals surface area contributed by atoms with Crippen LogP contribution in [0, 0.1) is 11.6 Å². The SMILES string of the molecule is C[C@@H]1CN(c2ccc(Nc3nc4cc(Nc5ccc(F)c(F)c5)ncc4[nH]3)nc2)C[C@H](C)N1. The minimum Gasteiger partial charge on any atom is -0.367 e. The second-order valence-electron chi connectivity index (χ2n) is 8.33. The van der Waals surface area contributed by atoms with Crippen LogP contribution in [0.5, 0.6) is 0 Å². The average molecular weight is 450 g/mol. The molecule has 1 aromatic carbocycles. The number of H-pyrrole nitrogens is 1. The molecule has 4 heterocycles. The lowest BCUT2D eigenvalue weighted by Crippen LogP contribution is -2.54. The molecule has 33 heavy (non-hydrogen) atoms. The van der Waals surface area contributed by atoms with Crippen molar-refractivity contribution < 1.29 is 8.78 Å². The molecule has 3 aromatic heterocycles. The van der Waals surface area contributed by atoms with Gasteiger partial charge in [0.25, 0.3) is 0 Å². The maximum Gasteiger partial charge on any atom is 0.206 e. The lowest BCUT2D eigenvalue weighted by molar-refractivity contribution is 0.407. The zero-order valence-electron chi connectivity index (χ0n) is 18.2. The average Bonchev–Trinajstić information content (AvgIpc) is 3.18. The third-order valence-corrected chi connectivity index (χ3v) is 5.48. The van der Waals surface area contributed by atoms with Crippen molar-refractivity contribution in [3.8, 4) is 0 Å². The third-order valence-electron chi connectivity index (χ3n) is 5.48. The summed E-state index contributed by atoms with van der Waals surface area (Å²) in [5.74, 6) is -0.158. The van der Waals surface area contributed by atoms with Gasteiger partial charge in [-0.1, -0.05) is 0 Å². The molecule has 0 unspecified atom stereocenters. The maximum atomic E-state index is 13.4. The van der Waals surface area contributed by atoms with Gasteiger partial charge in [-0.25, -0.2) is 23.7 Å². The first-order valence-electron chi connectivity index (χ1n) is 10.7. The molecule has 0 aliphatic carbocycles. The molecule has 8 nitrogen and oxygen atoms in total. The van der Waals surface area contributed by atoms with E-state index in [4.69, 9.17) is 0 Å². The highest BCUT2D eigenvalue weighted by Gasteiger charge is 2.21. The van der Waals surface area contributed by atoms with Gasteiger partial charge in [-0.2, -0.15) is 0 Å². The molecule has 1 aliphatic heterocycles. The van der Waals surface area contributed by atoms with Crippen LogP contribution in [0.15, 0.2) is 48.8 Å². The van der Waals surface area contributed by atoms with Gasteiger partial charge in [-0.15, -0.1) is 0 Å². The molecule has 4 N–H and O–H groups in total. The Kier molecular flexibility index (Phi) is 5.51. The van der Waals surface area contributed by atoms with E-state index in [0.717, 1.165) is 36.4 Å². The number of aromatic amines is 1. The lowest BCUT2D eigenvalue weighted by Gasteiger charge is -2.37. The lowest BCUT2D eigenvalue weighted by atomic mass is 10.1. The van der Waals surface area contributed by atoms with Crippen LogP contribution in [0.2, 0.25) is 0 Å². The number of hydrogen-bond donors (Lipinski definition) is 4. The summed E-state index contributed by atoms with van der Waals surface area (Å²) in [5, 5.41) is 9.66. The van der Waals surface area contributed by atoms with Crippen molar-refractivity contribution in [3.05, 3.63) is 60.4 Å². The van der Waals surface area contributed by atoms with Gasteiger partial charge in [0.05, 0.1) is 29.1 Å². The number of pyridine rings is 2. The number of halogens is 2. The first kappa shape index (κ1) is 21.1. The summed E-state index contributed by atoms with van der Waals surface area (Å²) in [7, 11) is 0. The fraction of sp³-hybridized carbons (Fsp3) is 0.261. The van der Waals surface area contributed by atoms with E-state index in [0.29, 0.717) is 40.9 Å². The molecule has 170 valence electrons. The van der Waals surface area contributed by atoms with Crippen LogP contribution in [0.3, 0.4) is 0 Å². The summed E-state index contributed by atoms with van der Waals surface area (Å²) in [4.78, 5) is 18.9. The molecule has 2 atom stereocenters. The van der Waals surface area contributed by atoms with E-state index >= 15 is 0 Å². The molecule has 0 radical (unpaired) electrons. The van der Waals surface area contributed by atoms with Gasteiger partial charge in [0.2, 0.25) is 5.95 Å². The van der Waals surface area contributed by atoms with Crippen molar-refractivity contribution in [2.75, 3.05) is 28.6 Å². The first-order valence-corrected chi connectivity index (χ1v) is 10.7. The summed E-state index contributed by atoms with van der Waals surface area (Å²) in [5.41, 5.74) is 2.88. The standard InChI is InChI=1S/C23H24F2N8/c1-13-11-33(12-14(2)28-13)16-4-6-21(26-9-16)32-23-30-19-8-22(27-10-20(19)31-23)29-15-3-5-17(24)18(25)7-15/h3-10,13-14,28H,11-12H2,1-2H3,(H,27,29)(H2,26,30,31,32)/t13-,14+. The van der Waals surface area contributed by atoms with E-state index in [1.807, 2.05) is 18.3 Å². The van der Waals surface area contributed by atoms with Crippen molar-refractivity contribution in [1.29, 1.82) is 0 Å². The maximum absolute atomic E-state index is 13.4. The number of nitrogens with one attached hydrogen (secondary N) is 4. The normalized spacial score (nSPS) is 18.5. The number of benzene rings is 1. The molecule has 1 fully saturated rings. The molecule has 1 saturated heterocycles. The molecule has 1 aliphatic rings. The van der Waals surface area contributed by atoms with Crippen molar-refractivity contribution >= 4 is 40.0 Å². The number of nitrogens with zero attached hydrogens (tertiary/aromatic N) is 4. The predicted molar refractivity (Wildman–Crippen MR) is 125 cm³/mol. The molecule has 0 saturated carbocycles. The van der Waals surface area contributed by atoms with Gasteiger partial charge in [-0.05, 0) is 38.1 Å². The Morgan fingerprint density at radius 2 is 1.70 bits per heavy atom. The molecule has 4 aromatic rings. The fourth-order valence-electron chi connectivity index (χ4n) is 4.06. The van der Waals surface area contributed by atoms with Crippen molar-refractivity contribution in [3.63, 3.8) is 0 Å². The van der Waals surface area contributed by atoms with Gasteiger partial charge in [0.15, 0.2) is 11.6 Å². The van der Waals surface area contributed by atoms with Gasteiger partial charge < -0.3 is 25.8 Å². The van der Waals surface area contributed by atoms with Gasteiger partial charge in [-0.3, -0.25) is 0 Å². The first-order chi connectivity index (χ1) is 15.9. The molecular weight excluding hydrogens is 426 g/mol. The van der Waals surface area contributed by atoms with Crippen LogP contribution in [0.1, 0.15) is 13.8 Å². The molecule has 0 spiro atoms. The van der Waals surface area contributed by atoms with E-state index in [9.17, 15) is 8.78 Å². The highest BCUT2D eigenvalue weighted by Crippen LogP contribution is 2.23. The van der Waals surface area contributed by atoms with Gasteiger partial charge in [0, 0.05) is 43.0 Å². The van der Waals surface area contributed by atoms with Crippen LogP contribution in [0.25, 0.3) is 11.0 Å². The Morgan fingerprint density at radius 3 is 2.42 bits per heavy atom. The summed E-state index contributed by atoms with van der Waals surface area (Å²) in [6.07, 6.45) is 3.49. The quantitative estimate of drug-likeness (QED) is 0.360. The molecular formula is C23H24F2N8. The van der Waals surface area contributed by atoms with Crippen molar-refractivity contribution in [1.82, 2.24) is 25.3 Å². The predicted octanol–water partition coefficient (Wildman–Crippen LogP) is 4.30. The minimum absolute atomic E-state index is 0.396. The second-order valence-corrected chi connectivity index (χ2v) is 8.33. The van der Waals surface area contributed by atoms with E-state index in [-0.39, 0.29) is 0 Å². The summed E-state index contributed by atoms with van der Waals surface area (Å²) >= 11 is 0. The summed E-state index contributed by atoms with van der Waals surface area (Å²) < 4.78 is 26.6. The van der Waals surface area contributed by atoms with Crippen LogP contribution < -0.4 is 20.9 Å². The largest absolute Gasteiger partial charge is 0.367 e. The van der Waals surface area contributed by atoms with Crippen molar-refractivity contribution in [2.24, 2.45) is 0 Å². The molecule has 0 amide bonds. The van der Waals surface area contributed by atoms with Crippen LogP contribution in [-0.2, 0) is 0 Å². The summed E-state index contributed by atoms with van der Waals surface area (Å²) in [6.45, 7) is 6.25. The third kappa shape index (κ3) is 4.70. The van der Waals surface area contributed by atoms with Gasteiger partial charge >= 0.3 is 0 Å². The smallest absolute Gasteiger partial charge is 0.206 e. The Morgan fingerprint density at radius 1 is 0.909 bits per heavy atom. The zero-order valence-corrected chi connectivity index (χ0v) is 18.2. The monoisotopic (exact) mass is 450 g/mol. The van der Waals surface area contributed by atoms with Crippen LogP contribution in [-0.4, -0.2) is 45.1 Å². The minimum atomic E-state index is -0.924. The Hall–Kier alpha value is -3.79. The number of fused-ring (bicyclic) bond motifs is 1. The number of rotatable bonds is 5. The fourth-order valence-corrected chi connectivity index (χ4v) is 4.06. The van der Waals surface area contributed by atoms with Crippen molar-refractivity contribution in [2.45, 2.75) is 25.9 Å². The highest BCUT2D eigenvalue weighted by atomic mass is 19.2. The molecule has 5 rings (SSSR count). The Balaban J connectivity index is 1.28. The van der Waals surface area contributed by atoms with Gasteiger partial charge in [0.1, 0.15) is 11.6 Å². The van der Waals surface area contributed by atoms with Crippen LogP contribution >= 0.6 is 0 Å². The summed E-state index contributed by atoms with van der Waals surface area (Å²) in [6, 6.07) is 10.1. The zero-order chi connectivity index (χ0) is 22.9. The topological polar surface area (TPSA) is 93.8 Å². The Labute approximate surface area is 189 Å². The number of anilines is 5. The number of hydrogen-bond acceptors (Lipinski definition) is 7. The van der Waals surface area contributed by atoms with Crippen LogP contribution in [0.4, 0.5) is 37.7 Å². The molecule has 10 heteroatoms. The van der Waals surface area contributed by atoms with E-state index < -0.39 is 11.6 Å².